The predicted octanol–water partition coefficient (Wildman–Crippen LogP) is 6.40. The summed E-state index contributed by atoms with van der Waals surface area (Å²) in [4.78, 5) is 26.6. The van der Waals surface area contributed by atoms with Gasteiger partial charge in [-0.3, -0.25) is 9.59 Å². The Hall–Kier alpha value is -2.32. The zero-order valence-corrected chi connectivity index (χ0v) is 21.0. The fourth-order valence-corrected chi connectivity index (χ4v) is 4.17. The van der Waals surface area contributed by atoms with Crippen molar-refractivity contribution in [2.75, 3.05) is 6.61 Å². The molecule has 0 radical (unpaired) electrons. The number of Topliss-reactive ketones (excluding diaryl/α,β-unsaturated/α-hetero) is 1. The molecule has 0 aliphatic carbocycles. The lowest BCUT2D eigenvalue weighted by Gasteiger charge is -2.24. The minimum Gasteiger partial charge on any atom is -0.465 e. The molecule has 0 amide bonds. The molecule has 0 aromatic heterocycles. The standard InChI is InChI=1S/C26H34O3.H2OP/c1-17-13-19(3)22(20(4)14-17)24(27)23(21-11-9-8-10-12-21)25(28)29-16-18(2)15-26(5,6)7;1-2/h8-14,18,23H,15-16H2,1-7H3;2H2/q;+1. The predicted molar refractivity (Wildman–Crippen MR) is 129 cm³/mol. The molecule has 2 aromatic carbocycles. The molecule has 0 saturated heterocycles. The monoisotopic (exact) mass is 443 g/mol. The van der Waals surface area contributed by atoms with Crippen LogP contribution in [0.25, 0.3) is 0 Å². The van der Waals surface area contributed by atoms with E-state index in [1.807, 2.05) is 63.2 Å². The summed E-state index contributed by atoms with van der Waals surface area (Å²) in [6.45, 7) is 14.8. The second-order valence-electron chi connectivity index (χ2n) is 9.48. The number of esters is 1. The average molecular weight is 444 g/mol. The zero-order chi connectivity index (χ0) is 23.8. The Morgan fingerprint density at radius 2 is 1.48 bits per heavy atom. The van der Waals surface area contributed by atoms with Gasteiger partial charge in [-0.25, -0.2) is 0 Å². The number of ether oxygens (including phenoxy) is 1. The van der Waals surface area contributed by atoms with Crippen LogP contribution in [0.2, 0.25) is 0 Å². The first-order chi connectivity index (χ1) is 14.5. The van der Waals surface area contributed by atoms with Crippen LogP contribution < -0.4 is 0 Å². The largest absolute Gasteiger partial charge is 0.465 e. The molecular formula is C26H36O4P+. The highest BCUT2D eigenvalue weighted by Gasteiger charge is 2.33. The molecule has 0 aliphatic rings. The van der Waals surface area contributed by atoms with Crippen LogP contribution in [0.4, 0.5) is 0 Å². The first-order valence-electron chi connectivity index (χ1n) is 10.6. The Bertz CT molecular complexity index is 861. The fraction of sp³-hybridized carbons (Fsp3) is 0.462. The van der Waals surface area contributed by atoms with Crippen molar-refractivity contribution in [2.24, 2.45) is 11.3 Å². The zero-order valence-electron chi connectivity index (χ0n) is 19.8. The molecule has 4 nitrogen and oxygen atoms in total. The Morgan fingerprint density at radius 1 is 0.968 bits per heavy atom. The van der Waals surface area contributed by atoms with Crippen LogP contribution in [0.1, 0.15) is 72.6 Å². The van der Waals surface area contributed by atoms with E-state index >= 15 is 0 Å². The summed E-state index contributed by atoms with van der Waals surface area (Å²) in [6, 6.07) is 13.2. The Kier molecular flexibility index (Phi) is 10.3. The number of carbonyl (C=O) groups excluding carboxylic acids is 2. The molecule has 3 unspecified atom stereocenters. The molecule has 2 aromatic rings. The summed E-state index contributed by atoms with van der Waals surface area (Å²) >= 11 is 0. The molecule has 0 fully saturated rings. The lowest BCUT2D eigenvalue weighted by Crippen LogP contribution is -2.27. The van der Waals surface area contributed by atoms with Gasteiger partial charge < -0.3 is 4.74 Å². The van der Waals surface area contributed by atoms with E-state index in [9.17, 15) is 9.59 Å². The van der Waals surface area contributed by atoms with Crippen molar-refractivity contribution in [3.63, 3.8) is 0 Å². The maximum Gasteiger partial charge on any atom is 0.321 e. The van der Waals surface area contributed by atoms with Crippen LogP contribution in [0.5, 0.6) is 0 Å². The molecule has 0 heterocycles. The minimum atomic E-state index is -0.946. The van der Waals surface area contributed by atoms with Gasteiger partial charge in [0.1, 0.15) is 5.92 Å². The second kappa shape index (κ2) is 11.9. The Morgan fingerprint density at radius 3 is 1.97 bits per heavy atom. The first-order valence-corrected chi connectivity index (χ1v) is 11.0. The summed E-state index contributed by atoms with van der Waals surface area (Å²) in [7, 11) is 1.17. The Labute approximate surface area is 189 Å². The van der Waals surface area contributed by atoms with Gasteiger partial charge in [-0.1, -0.05) is 80.3 Å². The van der Waals surface area contributed by atoms with Gasteiger partial charge in [0.05, 0.1) is 6.61 Å². The van der Waals surface area contributed by atoms with Crippen molar-refractivity contribution in [2.45, 2.75) is 60.8 Å². The van der Waals surface area contributed by atoms with Gasteiger partial charge in [-0.2, -0.15) is 0 Å². The van der Waals surface area contributed by atoms with Crippen molar-refractivity contribution in [3.05, 3.63) is 70.3 Å². The molecule has 3 atom stereocenters. The molecule has 31 heavy (non-hydrogen) atoms. The third-order valence-corrected chi connectivity index (χ3v) is 5.03. The smallest absolute Gasteiger partial charge is 0.321 e. The molecule has 0 bridgehead atoms. The average Bonchev–Trinajstić information content (AvgIpc) is 2.67. The second-order valence-corrected chi connectivity index (χ2v) is 9.48. The van der Waals surface area contributed by atoms with E-state index in [0.29, 0.717) is 17.7 Å². The summed E-state index contributed by atoms with van der Waals surface area (Å²) in [5, 5.41) is 0. The van der Waals surface area contributed by atoms with E-state index in [4.69, 9.17) is 9.30 Å². The molecule has 0 N–H and O–H groups in total. The SMILES string of the molecule is Cc1cc(C)c(C(=O)C(C(=O)OCC(C)CC(C)(C)C)c2ccccc2)c(C)c1.O=[PH2+]. The molecule has 0 spiro atoms. The lowest BCUT2D eigenvalue weighted by atomic mass is 9.85. The molecule has 0 aliphatic heterocycles. The van der Waals surface area contributed by atoms with Crippen molar-refractivity contribution in [1.29, 1.82) is 0 Å². The minimum absolute atomic E-state index is 0.163. The normalized spacial score (nSPS) is 12.9. The summed E-state index contributed by atoms with van der Waals surface area (Å²) in [6.07, 6.45) is 0.945. The summed E-state index contributed by atoms with van der Waals surface area (Å²) in [5.41, 5.74) is 4.34. The van der Waals surface area contributed by atoms with Gasteiger partial charge in [0.15, 0.2) is 5.78 Å². The highest BCUT2D eigenvalue weighted by atomic mass is 31.0. The van der Waals surface area contributed by atoms with Crippen LogP contribution in [-0.4, -0.2) is 18.4 Å². The molecule has 168 valence electrons. The number of hydrogen-bond donors (Lipinski definition) is 0. The van der Waals surface area contributed by atoms with E-state index < -0.39 is 11.9 Å². The van der Waals surface area contributed by atoms with Crippen molar-refractivity contribution in [3.8, 4) is 0 Å². The molecule has 5 heteroatoms. The van der Waals surface area contributed by atoms with E-state index in [-0.39, 0.29) is 17.1 Å². The van der Waals surface area contributed by atoms with Crippen molar-refractivity contribution in [1.82, 2.24) is 0 Å². The van der Waals surface area contributed by atoms with Crippen LogP contribution in [0.15, 0.2) is 42.5 Å². The quantitative estimate of drug-likeness (QED) is 0.215. The van der Waals surface area contributed by atoms with E-state index in [1.54, 1.807) is 0 Å². The fourth-order valence-electron chi connectivity index (χ4n) is 4.17. The third-order valence-electron chi connectivity index (χ3n) is 5.03. The van der Waals surface area contributed by atoms with Crippen LogP contribution in [-0.2, 0) is 14.1 Å². The summed E-state index contributed by atoms with van der Waals surface area (Å²) in [5.74, 6) is -1.38. The van der Waals surface area contributed by atoms with Gasteiger partial charge in [0, 0.05) is 5.56 Å². The number of carbonyl (C=O) groups is 2. The Balaban J connectivity index is 0.00000233. The van der Waals surface area contributed by atoms with E-state index in [0.717, 1.165) is 23.1 Å². The molecular weight excluding hydrogens is 407 g/mol. The van der Waals surface area contributed by atoms with Crippen LogP contribution >= 0.6 is 9.12 Å². The highest BCUT2D eigenvalue weighted by Crippen LogP contribution is 2.28. The number of aryl methyl sites for hydroxylation is 3. The molecule has 0 saturated carbocycles. The number of benzene rings is 2. The number of rotatable bonds is 7. The first kappa shape index (κ1) is 26.7. The van der Waals surface area contributed by atoms with Crippen LogP contribution in [0, 0.1) is 32.1 Å². The van der Waals surface area contributed by atoms with Gasteiger partial charge in [0.2, 0.25) is 0 Å². The van der Waals surface area contributed by atoms with E-state index in [1.165, 1.54) is 9.12 Å². The molecule has 2 rings (SSSR count). The number of ketones is 1. The third kappa shape index (κ3) is 8.03. The van der Waals surface area contributed by atoms with Gasteiger partial charge in [0.25, 0.3) is 0 Å². The van der Waals surface area contributed by atoms with Gasteiger partial charge in [-0.05, 0) is 55.2 Å². The maximum atomic E-state index is 13.5. The van der Waals surface area contributed by atoms with Gasteiger partial charge >= 0.3 is 15.1 Å². The lowest BCUT2D eigenvalue weighted by molar-refractivity contribution is -0.145. The van der Waals surface area contributed by atoms with Crippen molar-refractivity contribution >= 4 is 20.9 Å². The van der Waals surface area contributed by atoms with E-state index in [2.05, 4.69) is 27.7 Å². The number of hydrogen-bond acceptors (Lipinski definition) is 4. The maximum absolute atomic E-state index is 13.5. The van der Waals surface area contributed by atoms with Gasteiger partial charge in [-0.15, -0.1) is 0 Å². The topological polar surface area (TPSA) is 60.4 Å². The highest BCUT2D eigenvalue weighted by molar-refractivity contribution is 7.00. The van der Waals surface area contributed by atoms with Crippen molar-refractivity contribution < 1.29 is 18.9 Å². The summed E-state index contributed by atoms with van der Waals surface area (Å²) < 4.78 is 13.8. The van der Waals surface area contributed by atoms with Crippen LogP contribution in [0.3, 0.4) is 0 Å².